The Labute approximate surface area is 192 Å². The molecular weight excluding hydrogens is 430 g/mol. The first-order chi connectivity index (χ1) is 15.2. The molecule has 0 bridgehead atoms. The maximum Gasteiger partial charge on any atom is 0.338 e. The smallest absolute Gasteiger partial charge is 0.338 e. The minimum absolute atomic E-state index is 0.228. The molecule has 0 aliphatic carbocycles. The number of carbonyl (C=O) groups excluding carboxylic acids is 2. The molecule has 1 rings (SSSR count). The number of benzene rings is 1. The Kier molecular flexibility index (Phi) is 12.9. The highest BCUT2D eigenvalue weighted by Crippen LogP contribution is 2.11. The van der Waals surface area contributed by atoms with E-state index >= 15 is 0 Å². The van der Waals surface area contributed by atoms with Crippen LogP contribution in [0.3, 0.4) is 0 Å². The van der Waals surface area contributed by atoms with Crippen molar-refractivity contribution in [2.75, 3.05) is 26.0 Å². The second-order valence-corrected chi connectivity index (χ2v) is 9.70. The van der Waals surface area contributed by atoms with E-state index in [1.807, 2.05) is 12.1 Å². The van der Waals surface area contributed by atoms with Crippen molar-refractivity contribution in [3.63, 3.8) is 0 Å². The van der Waals surface area contributed by atoms with Gasteiger partial charge in [-0.15, -0.1) is 0 Å². The van der Waals surface area contributed by atoms with Crippen molar-refractivity contribution in [2.24, 2.45) is 0 Å². The predicted molar refractivity (Wildman–Crippen MR) is 126 cm³/mol. The van der Waals surface area contributed by atoms with Gasteiger partial charge in [0.25, 0.3) is 0 Å². The number of hydrogen-bond acceptors (Lipinski definition) is 6. The summed E-state index contributed by atoms with van der Waals surface area (Å²) in [5, 5.41) is 0. The molecular formula is C24H37NO6S. The molecule has 0 N–H and O–H groups in total. The Hall–Kier alpha value is -2.19. The van der Waals surface area contributed by atoms with Gasteiger partial charge in [0.05, 0.1) is 18.4 Å². The highest BCUT2D eigenvalue weighted by molar-refractivity contribution is 7.88. The third-order valence-corrected chi connectivity index (χ3v) is 6.15. The number of hydrogen-bond donors (Lipinski definition) is 0. The minimum Gasteiger partial charge on any atom is -0.462 e. The number of unbranched alkanes of at least 4 members (excludes halogenated alkanes) is 2. The minimum atomic E-state index is -3.37. The average Bonchev–Trinajstić information content (AvgIpc) is 2.72. The number of sulfonamides is 1. The molecule has 0 aliphatic heterocycles. The average molecular weight is 468 g/mol. The molecule has 0 radical (unpaired) electrons. The van der Waals surface area contributed by atoms with Crippen LogP contribution in [0.1, 0.15) is 68.8 Å². The molecule has 0 aromatic heterocycles. The summed E-state index contributed by atoms with van der Waals surface area (Å²) in [6.07, 6.45) is 9.53. The molecule has 1 atom stereocenters. The van der Waals surface area contributed by atoms with E-state index in [0.717, 1.165) is 31.2 Å². The van der Waals surface area contributed by atoms with Gasteiger partial charge in [0.2, 0.25) is 10.0 Å². The van der Waals surface area contributed by atoms with Gasteiger partial charge < -0.3 is 9.47 Å². The quantitative estimate of drug-likeness (QED) is 0.219. The Morgan fingerprint density at radius 3 is 2.34 bits per heavy atom. The van der Waals surface area contributed by atoms with E-state index in [0.29, 0.717) is 31.6 Å². The summed E-state index contributed by atoms with van der Waals surface area (Å²) < 4.78 is 36.1. The molecule has 0 aliphatic rings. The predicted octanol–water partition coefficient (Wildman–Crippen LogP) is 4.13. The monoisotopic (exact) mass is 467 g/mol. The number of carbonyl (C=O) groups is 2. The molecule has 0 amide bonds. The lowest BCUT2D eigenvalue weighted by atomic mass is 10.1. The van der Waals surface area contributed by atoms with Crippen LogP contribution in [0.2, 0.25) is 0 Å². The van der Waals surface area contributed by atoms with Gasteiger partial charge in [-0.2, -0.15) is 4.31 Å². The van der Waals surface area contributed by atoms with Gasteiger partial charge in [-0.3, -0.25) is 4.79 Å². The lowest BCUT2D eigenvalue weighted by Gasteiger charge is -2.19. The first kappa shape index (κ1) is 27.8. The van der Waals surface area contributed by atoms with Crippen LogP contribution in [0.25, 0.3) is 0 Å². The van der Waals surface area contributed by atoms with Gasteiger partial charge in [0, 0.05) is 20.0 Å². The number of esters is 2. The maximum absolute atomic E-state index is 12.2. The van der Waals surface area contributed by atoms with E-state index in [9.17, 15) is 18.0 Å². The van der Waals surface area contributed by atoms with Crippen LogP contribution in [-0.4, -0.2) is 56.7 Å². The fourth-order valence-electron chi connectivity index (χ4n) is 3.21. The summed E-state index contributed by atoms with van der Waals surface area (Å²) >= 11 is 0. The van der Waals surface area contributed by atoms with Gasteiger partial charge in [-0.1, -0.05) is 38.0 Å². The summed E-state index contributed by atoms with van der Waals surface area (Å²) in [6, 6.07) is 7.16. The Balaban J connectivity index is 2.62. The zero-order chi connectivity index (χ0) is 24.0. The van der Waals surface area contributed by atoms with Crippen LogP contribution in [-0.2, 0) is 30.7 Å². The molecule has 1 aromatic rings. The highest BCUT2D eigenvalue weighted by Gasteiger charge is 2.15. The lowest BCUT2D eigenvalue weighted by molar-refractivity contribution is -0.144. The molecule has 8 heteroatoms. The van der Waals surface area contributed by atoms with Gasteiger partial charge in [-0.05, 0) is 56.4 Å². The van der Waals surface area contributed by atoms with Crippen molar-refractivity contribution in [1.82, 2.24) is 4.31 Å². The van der Waals surface area contributed by atoms with Crippen molar-refractivity contribution in [3.05, 3.63) is 47.5 Å². The zero-order valence-electron chi connectivity index (χ0n) is 19.7. The largest absolute Gasteiger partial charge is 0.462 e. The summed E-state index contributed by atoms with van der Waals surface area (Å²) in [5.41, 5.74) is 1.52. The van der Waals surface area contributed by atoms with Gasteiger partial charge in [0.15, 0.2) is 0 Å². The van der Waals surface area contributed by atoms with E-state index in [-0.39, 0.29) is 24.6 Å². The molecule has 0 spiro atoms. The second kappa shape index (κ2) is 14.8. The molecule has 1 unspecified atom stereocenters. The van der Waals surface area contributed by atoms with Crippen molar-refractivity contribution in [3.8, 4) is 0 Å². The molecule has 0 fully saturated rings. The van der Waals surface area contributed by atoms with E-state index < -0.39 is 10.0 Å². The van der Waals surface area contributed by atoms with E-state index in [1.54, 1.807) is 31.2 Å². The summed E-state index contributed by atoms with van der Waals surface area (Å²) in [7, 11) is -3.37. The van der Waals surface area contributed by atoms with Crippen LogP contribution in [0.15, 0.2) is 36.4 Å². The standard InChI is InChI=1S/C24H37NO6S/c1-5-7-8-12-23(31-20(3)26)13-10-19-25(32(4,28)29)18-9-11-21-14-16-22(17-15-21)24(27)30-6-2/h10,13-17,23H,5-9,11-12,18-19H2,1-4H3. The Bertz CT molecular complexity index is 833. The SMILES string of the molecule is CCCCCC(C=CCN(CCCc1ccc(C(=O)OCC)cc1)S(C)(=O)=O)OC(C)=O. The van der Waals surface area contributed by atoms with Crippen molar-refractivity contribution in [1.29, 1.82) is 0 Å². The number of nitrogens with zero attached hydrogens (tertiary/aromatic N) is 1. The van der Waals surface area contributed by atoms with E-state index in [1.165, 1.54) is 17.5 Å². The van der Waals surface area contributed by atoms with Gasteiger partial charge in [0.1, 0.15) is 6.10 Å². The van der Waals surface area contributed by atoms with Crippen LogP contribution >= 0.6 is 0 Å². The molecule has 0 saturated heterocycles. The third kappa shape index (κ3) is 11.4. The van der Waals surface area contributed by atoms with Crippen LogP contribution in [0, 0.1) is 0 Å². The Morgan fingerprint density at radius 1 is 1.09 bits per heavy atom. The summed E-state index contributed by atoms with van der Waals surface area (Å²) in [4.78, 5) is 23.0. The van der Waals surface area contributed by atoms with Crippen molar-refractivity contribution in [2.45, 2.75) is 65.4 Å². The lowest BCUT2D eigenvalue weighted by Crippen LogP contribution is -2.31. The highest BCUT2D eigenvalue weighted by atomic mass is 32.2. The first-order valence-electron chi connectivity index (χ1n) is 11.2. The summed E-state index contributed by atoms with van der Waals surface area (Å²) in [5.74, 6) is -0.694. The topological polar surface area (TPSA) is 90.0 Å². The molecule has 0 saturated carbocycles. The molecule has 7 nitrogen and oxygen atoms in total. The van der Waals surface area contributed by atoms with Crippen molar-refractivity contribution >= 4 is 22.0 Å². The fourth-order valence-corrected chi connectivity index (χ4v) is 4.02. The van der Waals surface area contributed by atoms with Gasteiger partial charge in [-0.25, -0.2) is 13.2 Å². The van der Waals surface area contributed by atoms with Crippen LogP contribution in [0.4, 0.5) is 0 Å². The summed E-state index contributed by atoms with van der Waals surface area (Å²) in [6.45, 7) is 6.18. The van der Waals surface area contributed by atoms with E-state index in [2.05, 4.69) is 6.92 Å². The van der Waals surface area contributed by atoms with Gasteiger partial charge >= 0.3 is 11.9 Å². The zero-order valence-corrected chi connectivity index (χ0v) is 20.5. The number of rotatable bonds is 15. The molecule has 1 aromatic carbocycles. The van der Waals surface area contributed by atoms with Crippen LogP contribution in [0.5, 0.6) is 0 Å². The maximum atomic E-state index is 12.2. The number of ether oxygens (including phenoxy) is 2. The van der Waals surface area contributed by atoms with Crippen LogP contribution < -0.4 is 0 Å². The molecule has 32 heavy (non-hydrogen) atoms. The van der Waals surface area contributed by atoms with E-state index in [4.69, 9.17) is 9.47 Å². The molecule has 180 valence electrons. The van der Waals surface area contributed by atoms with Crippen molar-refractivity contribution < 1.29 is 27.5 Å². The fraction of sp³-hybridized carbons (Fsp3) is 0.583. The molecule has 0 heterocycles. The second-order valence-electron chi connectivity index (χ2n) is 7.71. The third-order valence-electron chi connectivity index (χ3n) is 4.88. The normalized spacial score (nSPS) is 12.8. The number of aryl methyl sites for hydroxylation is 1. The Morgan fingerprint density at radius 2 is 1.78 bits per heavy atom. The first-order valence-corrected chi connectivity index (χ1v) is 13.1.